The summed E-state index contributed by atoms with van der Waals surface area (Å²) in [5.41, 5.74) is 1.64. The van der Waals surface area contributed by atoms with Crippen molar-refractivity contribution in [1.29, 1.82) is 0 Å². The number of hydrogen-bond donors (Lipinski definition) is 2. The Labute approximate surface area is 112 Å². The highest BCUT2D eigenvalue weighted by Gasteiger charge is 2.20. The summed E-state index contributed by atoms with van der Waals surface area (Å²) in [6.07, 6.45) is 1.18. The summed E-state index contributed by atoms with van der Waals surface area (Å²) in [6, 6.07) is 3.96. The molecule has 0 amide bonds. The van der Waals surface area contributed by atoms with Gasteiger partial charge in [-0.1, -0.05) is 26.8 Å². The predicted molar refractivity (Wildman–Crippen MR) is 72.7 cm³/mol. The minimum Gasteiger partial charge on any atom is -0.387 e. The summed E-state index contributed by atoms with van der Waals surface area (Å²) in [7, 11) is 0. The molecule has 6 nitrogen and oxygen atoms in total. The molecule has 6 heteroatoms. The molecule has 2 aromatic rings. The average Bonchev–Trinajstić information content (AvgIpc) is 2.81. The lowest BCUT2D eigenvalue weighted by Gasteiger charge is -2.29. The Hall–Kier alpha value is -1.53. The molecule has 2 heterocycles. The average molecular weight is 263 g/mol. The van der Waals surface area contributed by atoms with Crippen LogP contribution in [0, 0.1) is 5.41 Å². The zero-order valence-corrected chi connectivity index (χ0v) is 11.8. The van der Waals surface area contributed by atoms with E-state index >= 15 is 0 Å². The molecule has 0 aliphatic carbocycles. The van der Waals surface area contributed by atoms with Crippen LogP contribution in [-0.2, 0) is 0 Å². The van der Waals surface area contributed by atoms with E-state index in [1.54, 1.807) is 16.8 Å². The molecule has 2 aromatic heterocycles. The van der Waals surface area contributed by atoms with Gasteiger partial charge in [0.05, 0.1) is 6.10 Å². The Morgan fingerprint density at radius 1 is 1.37 bits per heavy atom. The van der Waals surface area contributed by atoms with Crippen LogP contribution in [0.1, 0.15) is 39.4 Å². The maximum atomic E-state index is 10.2. The zero-order valence-electron chi connectivity index (χ0n) is 11.8. The van der Waals surface area contributed by atoms with Crippen LogP contribution in [0.5, 0.6) is 0 Å². The second-order valence-electron chi connectivity index (χ2n) is 5.96. The molecule has 0 aromatic carbocycles. The van der Waals surface area contributed by atoms with Crippen molar-refractivity contribution >= 4 is 5.65 Å². The highest BCUT2D eigenvalue weighted by molar-refractivity contribution is 5.36. The number of aliphatic hydroxyl groups excluding tert-OH is 1. The minimum atomic E-state index is -0.571. The topological polar surface area (TPSA) is 75.3 Å². The SMILES string of the molecule is CC(NCC(O)c1ccc2nnnn2c1)C(C)(C)C. The van der Waals surface area contributed by atoms with Crippen LogP contribution in [0.15, 0.2) is 18.3 Å². The van der Waals surface area contributed by atoms with E-state index < -0.39 is 6.10 Å². The molecule has 0 radical (unpaired) electrons. The van der Waals surface area contributed by atoms with Crippen LogP contribution >= 0.6 is 0 Å². The summed E-state index contributed by atoms with van der Waals surface area (Å²) in [5.74, 6) is 0. The first-order chi connectivity index (χ1) is 8.88. The van der Waals surface area contributed by atoms with Gasteiger partial charge in [-0.15, -0.1) is 5.10 Å². The Balaban J connectivity index is 2.01. The quantitative estimate of drug-likeness (QED) is 0.866. The molecule has 0 fully saturated rings. The summed E-state index contributed by atoms with van der Waals surface area (Å²) in [5, 5.41) is 24.8. The van der Waals surface area contributed by atoms with Crippen LogP contribution < -0.4 is 5.32 Å². The van der Waals surface area contributed by atoms with Crippen LogP contribution in [-0.4, -0.2) is 37.7 Å². The van der Waals surface area contributed by atoms with E-state index in [-0.39, 0.29) is 5.41 Å². The van der Waals surface area contributed by atoms with Gasteiger partial charge in [0.25, 0.3) is 0 Å². The molecule has 19 heavy (non-hydrogen) atoms. The van der Waals surface area contributed by atoms with Gasteiger partial charge in [-0.05, 0) is 28.8 Å². The lowest BCUT2D eigenvalue weighted by atomic mass is 9.88. The summed E-state index contributed by atoms with van der Waals surface area (Å²) in [6.45, 7) is 9.14. The number of rotatable bonds is 4. The van der Waals surface area contributed by atoms with Gasteiger partial charge in [0.15, 0.2) is 5.65 Å². The molecule has 0 saturated carbocycles. The molecule has 0 saturated heterocycles. The first-order valence-electron chi connectivity index (χ1n) is 6.47. The molecule has 0 aliphatic rings. The van der Waals surface area contributed by atoms with Crippen molar-refractivity contribution < 1.29 is 5.11 Å². The lowest BCUT2D eigenvalue weighted by Crippen LogP contribution is -2.39. The summed E-state index contributed by atoms with van der Waals surface area (Å²) in [4.78, 5) is 0. The molecule has 0 spiro atoms. The van der Waals surface area contributed by atoms with Crippen molar-refractivity contribution in [3.8, 4) is 0 Å². The number of tetrazole rings is 1. The Morgan fingerprint density at radius 3 is 2.79 bits per heavy atom. The number of nitrogens with one attached hydrogen (secondary N) is 1. The van der Waals surface area contributed by atoms with Crippen molar-refractivity contribution in [2.24, 2.45) is 5.41 Å². The number of aromatic nitrogens is 4. The molecule has 0 bridgehead atoms. The predicted octanol–water partition coefficient (Wildman–Crippen LogP) is 1.18. The molecule has 2 atom stereocenters. The Kier molecular flexibility index (Phi) is 3.82. The Morgan fingerprint density at radius 2 is 2.11 bits per heavy atom. The molecule has 2 unspecified atom stereocenters. The van der Waals surface area contributed by atoms with Gasteiger partial charge in [-0.25, -0.2) is 4.52 Å². The molecule has 0 aliphatic heterocycles. The van der Waals surface area contributed by atoms with Gasteiger partial charge in [-0.3, -0.25) is 0 Å². The van der Waals surface area contributed by atoms with Gasteiger partial charge < -0.3 is 10.4 Å². The third-order valence-corrected chi connectivity index (χ3v) is 3.52. The Bertz CT molecular complexity index is 545. The first-order valence-corrected chi connectivity index (χ1v) is 6.47. The van der Waals surface area contributed by atoms with E-state index in [4.69, 9.17) is 0 Å². The standard InChI is InChI=1S/C13H21N5O/c1-9(13(2,3)4)14-7-11(19)10-5-6-12-15-16-17-18(12)8-10/h5-6,8-9,11,14,19H,7H2,1-4H3. The van der Waals surface area contributed by atoms with E-state index in [1.165, 1.54) is 0 Å². The smallest absolute Gasteiger partial charge is 0.179 e. The number of pyridine rings is 1. The van der Waals surface area contributed by atoms with Crippen molar-refractivity contribution in [2.75, 3.05) is 6.54 Å². The van der Waals surface area contributed by atoms with E-state index in [0.29, 0.717) is 18.2 Å². The number of nitrogens with zero attached hydrogens (tertiary/aromatic N) is 4. The van der Waals surface area contributed by atoms with Gasteiger partial charge in [0.1, 0.15) is 0 Å². The third-order valence-electron chi connectivity index (χ3n) is 3.52. The summed E-state index contributed by atoms with van der Waals surface area (Å²) < 4.78 is 1.56. The van der Waals surface area contributed by atoms with Crippen molar-refractivity contribution in [1.82, 2.24) is 25.4 Å². The van der Waals surface area contributed by atoms with Gasteiger partial charge >= 0.3 is 0 Å². The fourth-order valence-electron chi connectivity index (χ4n) is 1.67. The lowest BCUT2D eigenvalue weighted by molar-refractivity contribution is 0.157. The van der Waals surface area contributed by atoms with Crippen molar-refractivity contribution in [2.45, 2.75) is 39.8 Å². The van der Waals surface area contributed by atoms with Gasteiger partial charge in [0, 0.05) is 24.3 Å². The molecule has 104 valence electrons. The monoisotopic (exact) mass is 263 g/mol. The molecular formula is C13H21N5O. The third kappa shape index (κ3) is 3.27. The van der Waals surface area contributed by atoms with Crippen LogP contribution in [0.2, 0.25) is 0 Å². The number of aliphatic hydroxyl groups is 1. The second kappa shape index (κ2) is 5.22. The van der Waals surface area contributed by atoms with Gasteiger partial charge in [-0.2, -0.15) is 0 Å². The highest BCUT2D eigenvalue weighted by atomic mass is 16.3. The molecule has 2 N–H and O–H groups in total. The van der Waals surface area contributed by atoms with E-state index in [2.05, 4.69) is 48.5 Å². The fraction of sp³-hybridized carbons (Fsp3) is 0.615. The maximum Gasteiger partial charge on any atom is 0.179 e. The van der Waals surface area contributed by atoms with Gasteiger partial charge in [0.2, 0.25) is 0 Å². The largest absolute Gasteiger partial charge is 0.387 e. The molecular weight excluding hydrogens is 242 g/mol. The summed E-state index contributed by atoms with van der Waals surface area (Å²) >= 11 is 0. The zero-order chi connectivity index (χ0) is 14.0. The molecule has 2 rings (SSSR count). The van der Waals surface area contributed by atoms with E-state index in [9.17, 15) is 5.11 Å². The fourth-order valence-corrected chi connectivity index (χ4v) is 1.67. The van der Waals surface area contributed by atoms with E-state index in [1.807, 2.05) is 6.07 Å². The van der Waals surface area contributed by atoms with Crippen LogP contribution in [0.3, 0.4) is 0 Å². The number of hydrogen-bond acceptors (Lipinski definition) is 5. The minimum absolute atomic E-state index is 0.166. The maximum absolute atomic E-state index is 10.2. The van der Waals surface area contributed by atoms with Crippen molar-refractivity contribution in [3.63, 3.8) is 0 Å². The van der Waals surface area contributed by atoms with Crippen molar-refractivity contribution in [3.05, 3.63) is 23.9 Å². The van der Waals surface area contributed by atoms with E-state index in [0.717, 1.165) is 5.56 Å². The highest BCUT2D eigenvalue weighted by Crippen LogP contribution is 2.19. The normalized spacial score (nSPS) is 15.6. The van der Waals surface area contributed by atoms with Crippen LogP contribution in [0.25, 0.3) is 5.65 Å². The second-order valence-corrected chi connectivity index (χ2v) is 5.96. The van der Waals surface area contributed by atoms with Crippen LogP contribution in [0.4, 0.5) is 0 Å². The number of fused-ring (bicyclic) bond motifs is 1. The first kappa shape index (κ1) is 13.9.